The number of rotatable bonds is 1. The molecule has 0 saturated heterocycles. The van der Waals surface area contributed by atoms with E-state index in [4.69, 9.17) is 0 Å². The largest absolute Gasteiger partial charge is 0.226 e. The maximum atomic E-state index is 3.87. The van der Waals surface area contributed by atoms with E-state index in [0.29, 0.717) is 0 Å². The van der Waals surface area contributed by atoms with Gasteiger partial charge in [0, 0.05) is 6.20 Å². The van der Waals surface area contributed by atoms with Crippen LogP contribution in [-0.4, -0.2) is 14.8 Å². The third-order valence-corrected chi connectivity index (χ3v) is 0.925. The SMILES string of the molecule is C=Cn1ncnc1C. The lowest BCUT2D eigenvalue weighted by Gasteiger charge is -1.87. The average molecular weight is 109 g/mol. The van der Waals surface area contributed by atoms with Gasteiger partial charge in [-0.25, -0.2) is 9.67 Å². The molecule has 3 heteroatoms. The summed E-state index contributed by atoms with van der Waals surface area (Å²) in [6, 6.07) is 0. The summed E-state index contributed by atoms with van der Waals surface area (Å²) in [5.41, 5.74) is 0. The first-order chi connectivity index (χ1) is 3.84. The molecule has 1 aromatic heterocycles. The molecule has 0 fully saturated rings. The van der Waals surface area contributed by atoms with E-state index in [1.807, 2.05) is 6.92 Å². The summed E-state index contributed by atoms with van der Waals surface area (Å²) in [6.45, 7) is 5.39. The highest BCUT2D eigenvalue weighted by Gasteiger charge is 1.88. The zero-order valence-electron chi connectivity index (χ0n) is 4.70. The van der Waals surface area contributed by atoms with E-state index >= 15 is 0 Å². The highest BCUT2D eigenvalue weighted by molar-refractivity contribution is 5.14. The molecule has 0 atom stereocenters. The fourth-order valence-electron chi connectivity index (χ4n) is 0.487. The Morgan fingerprint density at radius 3 is 2.88 bits per heavy atom. The molecule has 8 heavy (non-hydrogen) atoms. The van der Waals surface area contributed by atoms with Gasteiger partial charge in [0.15, 0.2) is 0 Å². The van der Waals surface area contributed by atoms with E-state index in [9.17, 15) is 0 Å². The van der Waals surface area contributed by atoms with Gasteiger partial charge in [0.25, 0.3) is 0 Å². The van der Waals surface area contributed by atoms with Crippen LogP contribution in [0.1, 0.15) is 5.82 Å². The zero-order chi connectivity index (χ0) is 5.98. The Morgan fingerprint density at radius 2 is 2.62 bits per heavy atom. The van der Waals surface area contributed by atoms with Crippen LogP contribution in [0.3, 0.4) is 0 Å². The van der Waals surface area contributed by atoms with Crippen LogP contribution in [-0.2, 0) is 0 Å². The lowest BCUT2D eigenvalue weighted by Crippen LogP contribution is -1.89. The molecule has 0 spiro atoms. The monoisotopic (exact) mass is 109 g/mol. The van der Waals surface area contributed by atoms with Crippen LogP contribution in [0.25, 0.3) is 6.20 Å². The summed E-state index contributed by atoms with van der Waals surface area (Å²) < 4.78 is 1.61. The fraction of sp³-hybridized carbons (Fsp3) is 0.200. The van der Waals surface area contributed by atoms with Crippen LogP contribution >= 0.6 is 0 Å². The average Bonchev–Trinajstić information content (AvgIpc) is 2.14. The van der Waals surface area contributed by atoms with Gasteiger partial charge in [-0.2, -0.15) is 5.10 Å². The van der Waals surface area contributed by atoms with Gasteiger partial charge in [-0.15, -0.1) is 0 Å². The Labute approximate surface area is 47.7 Å². The molecular formula is C5H7N3. The molecule has 0 bridgehead atoms. The Balaban J connectivity index is 3.09. The van der Waals surface area contributed by atoms with Gasteiger partial charge in [-0.05, 0) is 6.92 Å². The van der Waals surface area contributed by atoms with E-state index in [2.05, 4.69) is 16.7 Å². The predicted octanol–water partition coefficient (Wildman–Crippen LogP) is 0.687. The van der Waals surface area contributed by atoms with Gasteiger partial charge in [-0.1, -0.05) is 6.58 Å². The van der Waals surface area contributed by atoms with Gasteiger partial charge < -0.3 is 0 Å². The Bertz CT molecular complexity index is 189. The molecule has 0 aromatic carbocycles. The molecule has 1 rings (SSSR count). The minimum Gasteiger partial charge on any atom is -0.226 e. The molecule has 0 saturated carbocycles. The minimum atomic E-state index is 0.861. The smallest absolute Gasteiger partial charge is 0.138 e. The highest BCUT2D eigenvalue weighted by atomic mass is 15.3. The van der Waals surface area contributed by atoms with Crippen molar-refractivity contribution in [2.24, 2.45) is 0 Å². The zero-order valence-corrected chi connectivity index (χ0v) is 4.70. The van der Waals surface area contributed by atoms with Gasteiger partial charge in [0.1, 0.15) is 12.2 Å². The number of nitrogens with zero attached hydrogens (tertiary/aromatic N) is 3. The van der Waals surface area contributed by atoms with Crippen molar-refractivity contribution >= 4 is 6.20 Å². The topological polar surface area (TPSA) is 30.7 Å². The van der Waals surface area contributed by atoms with Crippen LogP contribution in [0.5, 0.6) is 0 Å². The molecule has 1 heterocycles. The summed E-state index contributed by atoms with van der Waals surface area (Å²) in [6.07, 6.45) is 3.11. The van der Waals surface area contributed by atoms with Crippen LogP contribution in [0.4, 0.5) is 0 Å². The van der Waals surface area contributed by atoms with Crippen molar-refractivity contribution in [1.29, 1.82) is 0 Å². The first kappa shape index (κ1) is 5.03. The first-order valence-electron chi connectivity index (χ1n) is 2.33. The number of hydrogen-bond acceptors (Lipinski definition) is 2. The maximum Gasteiger partial charge on any atom is 0.138 e. The van der Waals surface area contributed by atoms with E-state index in [-0.39, 0.29) is 0 Å². The van der Waals surface area contributed by atoms with Crippen molar-refractivity contribution in [2.45, 2.75) is 6.92 Å². The van der Waals surface area contributed by atoms with E-state index in [1.165, 1.54) is 6.33 Å². The first-order valence-corrected chi connectivity index (χ1v) is 2.33. The van der Waals surface area contributed by atoms with Gasteiger partial charge >= 0.3 is 0 Å². The minimum absolute atomic E-state index is 0.861. The van der Waals surface area contributed by atoms with E-state index < -0.39 is 0 Å². The second kappa shape index (κ2) is 1.78. The molecular weight excluding hydrogens is 102 g/mol. The van der Waals surface area contributed by atoms with Gasteiger partial charge in [0.05, 0.1) is 0 Å². The van der Waals surface area contributed by atoms with Crippen molar-refractivity contribution in [1.82, 2.24) is 14.8 Å². The normalized spacial score (nSPS) is 9.12. The molecule has 0 amide bonds. The summed E-state index contributed by atoms with van der Waals surface area (Å²) >= 11 is 0. The van der Waals surface area contributed by atoms with Crippen molar-refractivity contribution in [3.8, 4) is 0 Å². The third-order valence-electron chi connectivity index (χ3n) is 0.925. The quantitative estimate of drug-likeness (QED) is 0.531. The third kappa shape index (κ3) is 0.621. The maximum absolute atomic E-state index is 3.87. The van der Waals surface area contributed by atoms with E-state index in [0.717, 1.165) is 5.82 Å². The Morgan fingerprint density at radius 1 is 1.88 bits per heavy atom. The molecule has 0 radical (unpaired) electrons. The van der Waals surface area contributed by atoms with Gasteiger partial charge in [-0.3, -0.25) is 0 Å². The van der Waals surface area contributed by atoms with Crippen LogP contribution in [0.15, 0.2) is 12.9 Å². The summed E-state index contributed by atoms with van der Waals surface area (Å²) in [7, 11) is 0. The van der Waals surface area contributed by atoms with Crippen molar-refractivity contribution in [2.75, 3.05) is 0 Å². The highest BCUT2D eigenvalue weighted by Crippen LogP contribution is 1.87. The summed E-state index contributed by atoms with van der Waals surface area (Å²) in [5.74, 6) is 0.861. The fourth-order valence-corrected chi connectivity index (χ4v) is 0.487. The molecule has 0 unspecified atom stereocenters. The lowest BCUT2D eigenvalue weighted by atomic mass is 10.7. The molecule has 0 aliphatic rings. The van der Waals surface area contributed by atoms with Crippen molar-refractivity contribution in [3.05, 3.63) is 18.7 Å². The predicted molar refractivity (Wildman–Crippen MR) is 31.1 cm³/mol. The second-order valence-corrected chi connectivity index (χ2v) is 1.43. The van der Waals surface area contributed by atoms with Crippen molar-refractivity contribution < 1.29 is 0 Å². The molecule has 0 N–H and O–H groups in total. The molecule has 42 valence electrons. The summed E-state index contributed by atoms with van der Waals surface area (Å²) in [4.78, 5) is 3.87. The number of hydrogen-bond donors (Lipinski definition) is 0. The Hall–Kier alpha value is -1.12. The second-order valence-electron chi connectivity index (χ2n) is 1.43. The molecule has 1 aromatic rings. The van der Waals surface area contributed by atoms with Crippen molar-refractivity contribution in [3.63, 3.8) is 0 Å². The molecule has 0 aliphatic heterocycles. The van der Waals surface area contributed by atoms with Crippen LogP contribution < -0.4 is 0 Å². The van der Waals surface area contributed by atoms with E-state index in [1.54, 1.807) is 10.9 Å². The Kier molecular flexibility index (Phi) is 1.12. The molecule has 3 nitrogen and oxygen atoms in total. The number of aromatic nitrogens is 3. The summed E-state index contributed by atoms with van der Waals surface area (Å²) in [5, 5.41) is 3.82. The van der Waals surface area contributed by atoms with Crippen LogP contribution in [0.2, 0.25) is 0 Å². The number of aryl methyl sites for hydroxylation is 1. The standard InChI is InChI=1S/C5H7N3/c1-3-8-5(2)6-4-7-8/h3-4H,1H2,2H3. The lowest BCUT2D eigenvalue weighted by molar-refractivity contribution is 0.892. The van der Waals surface area contributed by atoms with Gasteiger partial charge in [0.2, 0.25) is 0 Å². The van der Waals surface area contributed by atoms with Crippen LogP contribution in [0, 0.1) is 6.92 Å². The molecule has 0 aliphatic carbocycles.